The van der Waals surface area contributed by atoms with E-state index in [4.69, 9.17) is 0 Å². The van der Waals surface area contributed by atoms with Gasteiger partial charge in [-0.05, 0) is 0 Å². The van der Waals surface area contributed by atoms with Crippen molar-refractivity contribution in [2.24, 2.45) is 0 Å². The third kappa shape index (κ3) is 11.1. The number of rotatable bonds is 8. The molecule has 0 aliphatic carbocycles. The van der Waals surface area contributed by atoms with Crippen LogP contribution in [0.2, 0.25) is 0 Å². The summed E-state index contributed by atoms with van der Waals surface area (Å²) in [5.41, 5.74) is 10.7. The number of hydrogen-bond donors (Lipinski definition) is 0. The van der Waals surface area contributed by atoms with E-state index in [0.29, 0.717) is 0 Å². The van der Waals surface area contributed by atoms with Gasteiger partial charge < -0.3 is 0 Å². The summed E-state index contributed by atoms with van der Waals surface area (Å²) in [5.74, 6) is 0. The van der Waals surface area contributed by atoms with Crippen molar-refractivity contribution in [2.45, 2.75) is 0 Å². The summed E-state index contributed by atoms with van der Waals surface area (Å²) in [4.78, 5) is 0. The van der Waals surface area contributed by atoms with Crippen LogP contribution in [0.15, 0.2) is 303 Å². The molecular formula is C58H50B2CuFe. The van der Waals surface area contributed by atoms with Gasteiger partial charge >= 0.3 is 34.1 Å². The van der Waals surface area contributed by atoms with E-state index < -0.39 is 12.3 Å². The van der Waals surface area contributed by atoms with E-state index in [0.717, 1.165) is 0 Å². The number of benzene rings is 8. The molecule has 0 aliphatic heterocycles. The first-order valence-electron chi connectivity index (χ1n) is 20.9. The Hall–Kier alpha value is -6.37. The Morgan fingerprint density at radius 2 is 0.323 bits per heavy atom. The summed E-state index contributed by atoms with van der Waals surface area (Å²) in [7, 11) is 0. The molecule has 0 nitrogen and oxygen atoms in total. The predicted octanol–water partition coefficient (Wildman–Crippen LogP) is 8.93. The molecule has 10 rings (SSSR count). The minimum atomic E-state index is -1.22. The molecule has 0 aliphatic rings. The predicted molar refractivity (Wildman–Crippen MR) is 264 cm³/mol. The molecule has 0 bridgehead atoms. The molecule has 62 heavy (non-hydrogen) atoms. The fourth-order valence-corrected chi connectivity index (χ4v) is 8.88. The van der Waals surface area contributed by atoms with E-state index >= 15 is 0 Å². The van der Waals surface area contributed by atoms with Crippen molar-refractivity contribution in [1.82, 2.24) is 0 Å². The zero-order valence-electron chi connectivity index (χ0n) is 34.7. The average Bonchev–Trinajstić information content (AvgIpc) is 4.15. The monoisotopic (exact) mass is 887 g/mol. The molecule has 0 unspecified atom stereocenters. The molecule has 307 valence electrons. The standard InChI is InChI=1S/2C24H20B.2C5H5.Cu.Fe/c2*1-5-13-21(14-6-1)25(22-15-7-2-8-16-22,23-17-9-3-10-18-23)24-19-11-4-12-20-24;2*1-2-4-5-3-1;;/h2*1-20H;2*1-5H;;/q4*-1;2*+2. The van der Waals surface area contributed by atoms with E-state index in [1.54, 1.807) is 0 Å². The molecule has 0 N–H and O–H groups in total. The molecular weight excluding hydrogens is 838 g/mol. The molecule has 1 radical (unpaired) electrons. The zero-order chi connectivity index (χ0) is 41.0. The van der Waals surface area contributed by atoms with Crippen LogP contribution in [-0.2, 0) is 34.1 Å². The maximum absolute atomic E-state index is 2.26. The maximum atomic E-state index is 2.26. The van der Waals surface area contributed by atoms with Crippen molar-refractivity contribution in [2.75, 3.05) is 0 Å². The van der Waals surface area contributed by atoms with Crippen LogP contribution in [0, 0.1) is 0 Å². The third-order valence-electron chi connectivity index (χ3n) is 11.5. The summed E-state index contributed by atoms with van der Waals surface area (Å²) in [5, 5.41) is 0. The second-order valence-electron chi connectivity index (χ2n) is 14.9. The van der Waals surface area contributed by atoms with Crippen LogP contribution < -0.4 is 43.7 Å². The van der Waals surface area contributed by atoms with Gasteiger partial charge in [-0.1, -0.05) is 243 Å². The molecule has 10 aromatic rings. The summed E-state index contributed by atoms with van der Waals surface area (Å²) < 4.78 is 0. The smallest absolute Gasteiger partial charge is 0.214 e. The fourth-order valence-electron chi connectivity index (χ4n) is 8.88. The van der Waals surface area contributed by atoms with Gasteiger partial charge in [0.2, 0.25) is 0 Å². The van der Waals surface area contributed by atoms with E-state index in [2.05, 4.69) is 243 Å². The maximum Gasteiger partial charge on any atom is 2.00 e. The average molecular weight is 888 g/mol. The molecule has 10 aromatic carbocycles. The van der Waals surface area contributed by atoms with Gasteiger partial charge in [0.25, 0.3) is 0 Å². The van der Waals surface area contributed by atoms with Crippen LogP contribution in [0.1, 0.15) is 0 Å². The van der Waals surface area contributed by atoms with Crippen molar-refractivity contribution in [3.8, 4) is 0 Å². The largest absolute Gasteiger partial charge is 2.00 e. The fraction of sp³-hybridized carbons (Fsp3) is 0. The molecule has 0 aromatic heterocycles. The van der Waals surface area contributed by atoms with Gasteiger partial charge in [0.15, 0.2) is 0 Å². The van der Waals surface area contributed by atoms with E-state index in [9.17, 15) is 0 Å². The van der Waals surface area contributed by atoms with Crippen molar-refractivity contribution in [3.63, 3.8) is 0 Å². The van der Waals surface area contributed by atoms with Gasteiger partial charge in [-0.2, -0.15) is 80.1 Å². The van der Waals surface area contributed by atoms with Gasteiger partial charge in [0.05, 0.1) is 0 Å². The molecule has 0 saturated heterocycles. The second-order valence-corrected chi connectivity index (χ2v) is 14.9. The first-order chi connectivity index (χ1) is 29.8. The Bertz CT molecular complexity index is 2040. The molecule has 0 fully saturated rings. The molecule has 0 atom stereocenters. The minimum absolute atomic E-state index is 0. The Labute approximate surface area is 390 Å². The van der Waals surface area contributed by atoms with Crippen LogP contribution in [0.4, 0.5) is 0 Å². The second kappa shape index (κ2) is 24.8. The summed E-state index contributed by atoms with van der Waals surface area (Å²) in [6, 6.07) is 107. The first kappa shape index (κ1) is 46.7. The zero-order valence-corrected chi connectivity index (χ0v) is 36.7. The quantitative estimate of drug-likeness (QED) is 0.106. The normalized spacial score (nSPS) is 10.3. The first-order valence-corrected chi connectivity index (χ1v) is 20.9. The summed E-state index contributed by atoms with van der Waals surface area (Å²) >= 11 is 0. The van der Waals surface area contributed by atoms with Crippen LogP contribution >= 0.6 is 0 Å². The summed E-state index contributed by atoms with van der Waals surface area (Å²) in [6.45, 7) is 0. The van der Waals surface area contributed by atoms with Crippen LogP contribution in [0.3, 0.4) is 0 Å². The van der Waals surface area contributed by atoms with Crippen molar-refractivity contribution >= 4 is 56.0 Å². The Kier molecular flexibility index (Phi) is 18.7. The topological polar surface area (TPSA) is 0 Å². The van der Waals surface area contributed by atoms with Crippen molar-refractivity contribution < 1.29 is 34.1 Å². The van der Waals surface area contributed by atoms with Gasteiger partial charge in [0, 0.05) is 0 Å². The van der Waals surface area contributed by atoms with Crippen LogP contribution in [-0.4, -0.2) is 12.3 Å². The van der Waals surface area contributed by atoms with Crippen LogP contribution in [0.25, 0.3) is 0 Å². The minimum Gasteiger partial charge on any atom is -0.214 e. The van der Waals surface area contributed by atoms with E-state index in [1.165, 1.54) is 43.7 Å². The van der Waals surface area contributed by atoms with Gasteiger partial charge in [-0.3, -0.25) is 0 Å². The van der Waals surface area contributed by atoms with Gasteiger partial charge in [-0.25, -0.2) is 24.3 Å². The Balaban J connectivity index is 0.000000186. The number of hydrogen-bond acceptors (Lipinski definition) is 0. The Morgan fingerprint density at radius 3 is 0.419 bits per heavy atom. The molecule has 4 heteroatoms. The van der Waals surface area contributed by atoms with Gasteiger partial charge in [0.1, 0.15) is 12.3 Å². The molecule has 0 amide bonds. The third-order valence-corrected chi connectivity index (χ3v) is 11.5. The molecule has 0 spiro atoms. The van der Waals surface area contributed by atoms with E-state index in [-0.39, 0.29) is 34.1 Å². The molecule has 0 saturated carbocycles. The van der Waals surface area contributed by atoms with Crippen LogP contribution in [0.5, 0.6) is 0 Å². The SMILES string of the molecule is [Cu+2].[Fe+2].c1cc[cH-]c1.c1cc[cH-]c1.c1ccc([B-](c2ccccc2)(c2ccccc2)c2ccccc2)cc1.c1ccc([B-](c2ccccc2)(c2ccccc2)c2ccccc2)cc1. The van der Waals surface area contributed by atoms with Crippen molar-refractivity contribution in [3.05, 3.63) is 303 Å². The molecule has 0 heterocycles. The van der Waals surface area contributed by atoms with Gasteiger partial charge in [-0.15, -0.1) is 0 Å². The Morgan fingerprint density at radius 1 is 0.194 bits per heavy atom. The van der Waals surface area contributed by atoms with E-state index in [1.807, 2.05) is 60.7 Å². The van der Waals surface area contributed by atoms with Crippen molar-refractivity contribution in [1.29, 1.82) is 0 Å². The summed E-state index contributed by atoms with van der Waals surface area (Å²) in [6.07, 6.45) is -2.43.